The van der Waals surface area contributed by atoms with Gasteiger partial charge in [-0.1, -0.05) is 0 Å². The minimum atomic E-state index is -0.895. The van der Waals surface area contributed by atoms with Crippen LogP contribution in [0.15, 0.2) is 0 Å². The monoisotopic (exact) mass is 216 g/mol. The minimum Gasteiger partial charge on any atom is -0.481 e. The highest BCUT2D eigenvalue weighted by Crippen LogP contribution is 2.05. The fourth-order valence-corrected chi connectivity index (χ4v) is 1.16. The number of hydrogen-bond donors (Lipinski definition) is 2. The second-order valence-electron chi connectivity index (χ2n) is 3.39. The molecule has 86 valence electrons. The molecule has 0 bridgehead atoms. The van der Waals surface area contributed by atoms with Crippen molar-refractivity contribution in [3.8, 4) is 0 Å². The quantitative estimate of drug-likeness (QED) is 0.569. The van der Waals surface area contributed by atoms with Gasteiger partial charge in [-0.2, -0.15) is 0 Å². The van der Waals surface area contributed by atoms with Crippen LogP contribution >= 0.6 is 0 Å². The summed E-state index contributed by atoms with van der Waals surface area (Å²) in [5.41, 5.74) is 0. The van der Waals surface area contributed by atoms with Crippen LogP contribution in [-0.2, 0) is 14.4 Å². The molecule has 0 saturated carbocycles. The highest BCUT2D eigenvalue weighted by atomic mass is 16.4. The average molecular weight is 216 g/mol. The van der Waals surface area contributed by atoms with E-state index < -0.39 is 11.9 Å². The molecule has 0 aliphatic rings. The summed E-state index contributed by atoms with van der Waals surface area (Å²) < 4.78 is 0. The Morgan fingerprint density at radius 1 is 0.667 bits per heavy atom. The van der Waals surface area contributed by atoms with Crippen molar-refractivity contribution in [2.75, 3.05) is 0 Å². The highest BCUT2D eigenvalue weighted by molar-refractivity contribution is 5.79. The van der Waals surface area contributed by atoms with E-state index in [0.717, 1.165) is 0 Å². The number of carboxylic acid groups (broad SMARTS) is 2. The van der Waals surface area contributed by atoms with Crippen LogP contribution in [0.4, 0.5) is 0 Å². The maximum absolute atomic E-state index is 11.1. The number of aliphatic carboxylic acids is 2. The number of carbonyl (C=O) groups excluding carboxylic acids is 1. The van der Waals surface area contributed by atoms with E-state index in [9.17, 15) is 14.4 Å². The van der Waals surface area contributed by atoms with Gasteiger partial charge in [0, 0.05) is 25.7 Å². The van der Waals surface area contributed by atoms with Crippen molar-refractivity contribution in [1.82, 2.24) is 0 Å². The minimum absolute atomic E-state index is 0.0147. The van der Waals surface area contributed by atoms with Crippen molar-refractivity contribution in [2.45, 2.75) is 44.9 Å². The Labute approximate surface area is 88.1 Å². The Bertz CT molecular complexity index is 234. The second kappa shape index (κ2) is 7.96. The van der Waals surface area contributed by atoms with Gasteiger partial charge < -0.3 is 10.2 Å². The highest BCUT2D eigenvalue weighted by Gasteiger charge is 2.04. The van der Waals surface area contributed by atoms with E-state index in [2.05, 4.69) is 0 Å². The SMILES string of the molecule is O=C(O)CCCCC(=O)CCCC(=O)O. The van der Waals surface area contributed by atoms with Crippen molar-refractivity contribution in [1.29, 1.82) is 0 Å². The fourth-order valence-electron chi connectivity index (χ4n) is 1.16. The zero-order valence-electron chi connectivity index (χ0n) is 8.57. The maximum atomic E-state index is 11.1. The Morgan fingerprint density at radius 3 is 1.60 bits per heavy atom. The summed E-state index contributed by atoms with van der Waals surface area (Å²) in [7, 11) is 0. The molecule has 5 nitrogen and oxygen atoms in total. The molecule has 0 amide bonds. The van der Waals surface area contributed by atoms with E-state index in [0.29, 0.717) is 25.7 Å². The fraction of sp³-hybridized carbons (Fsp3) is 0.700. The molecule has 0 saturated heterocycles. The summed E-state index contributed by atoms with van der Waals surface area (Å²) >= 11 is 0. The summed E-state index contributed by atoms with van der Waals surface area (Å²) in [4.78, 5) is 31.4. The standard InChI is InChI=1S/C10H16O5/c11-8(5-3-7-10(14)15)4-1-2-6-9(12)13/h1-7H2,(H,12,13)(H,14,15). The number of ketones is 1. The average Bonchev–Trinajstić information content (AvgIpc) is 2.11. The first kappa shape index (κ1) is 13.6. The van der Waals surface area contributed by atoms with E-state index in [4.69, 9.17) is 10.2 Å². The lowest BCUT2D eigenvalue weighted by atomic mass is 10.1. The summed E-state index contributed by atoms with van der Waals surface area (Å²) in [5.74, 6) is -1.73. The van der Waals surface area contributed by atoms with Gasteiger partial charge in [0.1, 0.15) is 5.78 Å². The molecular formula is C10H16O5. The lowest BCUT2D eigenvalue weighted by Crippen LogP contribution is -2.01. The smallest absolute Gasteiger partial charge is 0.303 e. The predicted molar refractivity (Wildman–Crippen MR) is 52.6 cm³/mol. The van der Waals surface area contributed by atoms with Gasteiger partial charge in [0.15, 0.2) is 0 Å². The van der Waals surface area contributed by atoms with Crippen molar-refractivity contribution in [3.63, 3.8) is 0 Å². The van der Waals surface area contributed by atoms with E-state index in [1.807, 2.05) is 0 Å². The van der Waals surface area contributed by atoms with Crippen LogP contribution in [0.3, 0.4) is 0 Å². The van der Waals surface area contributed by atoms with Crippen molar-refractivity contribution >= 4 is 17.7 Å². The first-order valence-corrected chi connectivity index (χ1v) is 4.97. The van der Waals surface area contributed by atoms with Crippen LogP contribution in [0.1, 0.15) is 44.9 Å². The van der Waals surface area contributed by atoms with Crippen LogP contribution in [0.25, 0.3) is 0 Å². The number of carboxylic acids is 2. The molecule has 2 N–H and O–H groups in total. The molecule has 0 aromatic rings. The maximum Gasteiger partial charge on any atom is 0.303 e. The van der Waals surface area contributed by atoms with Crippen molar-refractivity contribution < 1.29 is 24.6 Å². The van der Waals surface area contributed by atoms with Gasteiger partial charge >= 0.3 is 11.9 Å². The normalized spacial score (nSPS) is 9.87. The first-order chi connectivity index (χ1) is 7.02. The summed E-state index contributed by atoms with van der Waals surface area (Å²) in [6.07, 6.45) is 2.17. The van der Waals surface area contributed by atoms with Gasteiger partial charge in [0.05, 0.1) is 0 Å². The van der Waals surface area contributed by atoms with Gasteiger partial charge in [-0.3, -0.25) is 14.4 Å². The van der Waals surface area contributed by atoms with Gasteiger partial charge in [0.2, 0.25) is 0 Å². The number of Topliss-reactive ketones (excluding diaryl/α,β-unsaturated/α-hetero) is 1. The molecule has 0 aromatic carbocycles. The Balaban J connectivity index is 3.33. The van der Waals surface area contributed by atoms with E-state index >= 15 is 0 Å². The second-order valence-corrected chi connectivity index (χ2v) is 3.39. The van der Waals surface area contributed by atoms with E-state index in [1.54, 1.807) is 0 Å². The Hall–Kier alpha value is -1.39. The third kappa shape index (κ3) is 10.5. The van der Waals surface area contributed by atoms with Crippen LogP contribution in [0.5, 0.6) is 0 Å². The third-order valence-electron chi connectivity index (χ3n) is 1.94. The number of hydrogen-bond acceptors (Lipinski definition) is 3. The Morgan fingerprint density at radius 2 is 1.07 bits per heavy atom. The molecule has 0 unspecified atom stereocenters. The van der Waals surface area contributed by atoms with E-state index in [1.165, 1.54) is 0 Å². The topological polar surface area (TPSA) is 91.7 Å². The molecule has 15 heavy (non-hydrogen) atoms. The van der Waals surface area contributed by atoms with Crippen molar-refractivity contribution in [3.05, 3.63) is 0 Å². The summed E-state index contributed by atoms with van der Waals surface area (Å²) in [5, 5.41) is 16.7. The number of unbranched alkanes of at least 4 members (excludes halogenated alkanes) is 1. The van der Waals surface area contributed by atoms with Gasteiger partial charge in [-0.05, 0) is 19.3 Å². The van der Waals surface area contributed by atoms with Crippen LogP contribution in [-0.4, -0.2) is 27.9 Å². The molecular weight excluding hydrogens is 200 g/mol. The lowest BCUT2D eigenvalue weighted by Gasteiger charge is -1.98. The Kier molecular flexibility index (Phi) is 7.23. The zero-order chi connectivity index (χ0) is 11.7. The third-order valence-corrected chi connectivity index (χ3v) is 1.94. The van der Waals surface area contributed by atoms with E-state index in [-0.39, 0.29) is 25.0 Å². The predicted octanol–water partition coefficient (Wildman–Crippen LogP) is 1.46. The van der Waals surface area contributed by atoms with Crippen LogP contribution < -0.4 is 0 Å². The van der Waals surface area contributed by atoms with Gasteiger partial charge in [0.25, 0.3) is 0 Å². The zero-order valence-corrected chi connectivity index (χ0v) is 8.57. The molecule has 0 fully saturated rings. The largest absolute Gasteiger partial charge is 0.481 e. The molecule has 0 aromatic heterocycles. The number of rotatable bonds is 9. The van der Waals surface area contributed by atoms with Gasteiger partial charge in [-0.15, -0.1) is 0 Å². The molecule has 0 atom stereocenters. The molecule has 0 heterocycles. The molecule has 0 spiro atoms. The summed E-state index contributed by atoms with van der Waals surface area (Å²) in [6, 6.07) is 0. The molecule has 0 aliphatic carbocycles. The molecule has 0 rings (SSSR count). The summed E-state index contributed by atoms with van der Waals surface area (Å²) in [6.45, 7) is 0. The molecule has 0 radical (unpaired) electrons. The molecule has 0 aliphatic heterocycles. The van der Waals surface area contributed by atoms with Crippen molar-refractivity contribution in [2.24, 2.45) is 0 Å². The van der Waals surface area contributed by atoms with Gasteiger partial charge in [-0.25, -0.2) is 0 Å². The molecule has 5 heteroatoms. The first-order valence-electron chi connectivity index (χ1n) is 4.97. The van der Waals surface area contributed by atoms with Crippen LogP contribution in [0.2, 0.25) is 0 Å². The van der Waals surface area contributed by atoms with Crippen LogP contribution in [0, 0.1) is 0 Å². The number of carbonyl (C=O) groups is 3. The lowest BCUT2D eigenvalue weighted by molar-refractivity contribution is -0.138.